The molecule has 2 nitrogen and oxygen atoms in total. The van der Waals surface area contributed by atoms with Gasteiger partial charge in [0.25, 0.3) is 0 Å². The van der Waals surface area contributed by atoms with Gasteiger partial charge in [0, 0.05) is 5.56 Å². The number of benzene rings is 2. The molecule has 0 radical (unpaired) electrons. The normalized spacial score (nSPS) is 13.7. The largest absolute Gasteiger partial charge is 0.416 e. The second-order valence-corrected chi connectivity index (χ2v) is 4.84. The fraction of sp³-hybridized carbons (Fsp3) is 0.188. The van der Waals surface area contributed by atoms with Crippen LogP contribution in [-0.4, -0.2) is 16.8 Å². The number of Topliss-reactive ketones (excluding diaryl/α,β-unsaturated/α-hetero) is 1. The molecule has 2 aromatic rings. The quantitative estimate of drug-likeness (QED) is 0.672. The van der Waals surface area contributed by atoms with E-state index in [1.807, 2.05) is 0 Å². The van der Waals surface area contributed by atoms with Crippen molar-refractivity contribution < 1.29 is 31.9 Å². The standard InChI is InChI=1S/C16H11F5O2/c17-15(18,13(22)10-4-2-1-3-5-10)14(23)11-6-8-12(9-7-11)16(19,20)21/h1-9,14,23H. The highest BCUT2D eigenvalue weighted by atomic mass is 19.4. The lowest BCUT2D eigenvalue weighted by Gasteiger charge is -2.22. The smallest absolute Gasteiger partial charge is 0.382 e. The van der Waals surface area contributed by atoms with Gasteiger partial charge in [0.15, 0.2) is 6.10 Å². The first kappa shape index (κ1) is 17.1. The van der Waals surface area contributed by atoms with E-state index >= 15 is 0 Å². The van der Waals surface area contributed by atoms with Crippen molar-refractivity contribution in [2.24, 2.45) is 0 Å². The average molecular weight is 330 g/mol. The maximum atomic E-state index is 14.1. The number of hydrogen-bond acceptors (Lipinski definition) is 2. The van der Waals surface area contributed by atoms with Crippen LogP contribution in [-0.2, 0) is 6.18 Å². The Morgan fingerprint density at radius 2 is 1.39 bits per heavy atom. The van der Waals surface area contributed by atoms with E-state index in [1.54, 1.807) is 0 Å². The number of aliphatic hydroxyl groups excluding tert-OH is 1. The number of rotatable bonds is 4. The highest BCUT2D eigenvalue weighted by Gasteiger charge is 2.47. The Hall–Kier alpha value is -2.28. The summed E-state index contributed by atoms with van der Waals surface area (Å²) in [6.45, 7) is 0. The molecule has 23 heavy (non-hydrogen) atoms. The summed E-state index contributed by atoms with van der Waals surface area (Å²) >= 11 is 0. The average Bonchev–Trinajstić information content (AvgIpc) is 2.53. The van der Waals surface area contributed by atoms with E-state index in [9.17, 15) is 31.9 Å². The van der Waals surface area contributed by atoms with E-state index in [0.717, 1.165) is 24.3 Å². The first-order valence-corrected chi connectivity index (χ1v) is 6.47. The van der Waals surface area contributed by atoms with Gasteiger partial charge in [-0.2, -0.15) is 22.0 Å². The molecule has 0 heterocycles. The predicted molar refractivity (Wildman–Crippen MR) is 72.1 cm³/mol. The van der Waals surface area contributed by atoms with E-state index in [0.29, 0.717) is 12.1 Å². The molecule has 1 unspecified atom stereocenters. The van der Waals surface area contributed by atoms with Crippen LogP contribution in [0.4, 0.5) is 22.0 Å². The van der Waals surface area contributed by atoms with Crippen molar-refractivity contribution in [1.29, 1.82) is 0 Å². The minimum absolute atomic E-state index is 0.302. The molecule has 0 aliphatic carbocycles. The monoisotopic (exact) mass is 330 g/mol. The van der Waals surface area contributed by atoms with Crippen molar-refractivity contribution in [3.8, 4) is 0 Å². The Balaban J connectivity index is 2.28. The number of carbonyl (C=O) groups excluding carboxylic acids is 1. The van der Waals surface area contributed by atoms with Crippen molar-refractivity contribution in [3.63, 3.8) is 0 Å². The molecule has 7 heteroatoms. The third-order valence-corrected chi connectivity index (χ3v) is 3.24. The molecule has 0 amide bonds. The van der Waals surface area contributed by atoms with Crippen LogP contribution in [0.25, 0.3) is 0 Å². The molecular weight excluding hydrogens is 319 g/mol. The van der Waals surface area contributed by atoms with Gasteiger partial charge in [-0.1, -0.05) is 42.5 Å². The fourth-order valence-corrected chi connectivity index (χ4v) is 1.97. The third kappa shape index (κ3) is 3.56. The van der Waals surface area contributed by atoms with Crippen molar-refractivity contribution in [1.82, 2.24) is 0 Å². The summed E-state index contributed by atoms with van der Waals surface area (Å²) in [7, 11) is 0. The van der Waals surface area contributed by atoms with Crippen LogP contribution in [0.5, 0.6) is 0 Å². The number of halogens is 5. The topological polar surface area (TPSA) is 37.3 Å². The van der Waals surface area contributed by atoms with E-state index in [2.05, 4.69) is 0 Å². The van der Waals surface area contributed by atoms with Crippen LogP contribution in [0.15, 0.2) is 54.6 Å². The second kappa shape index (κ2) is 6.08. The van der Waals surface area contributed by atoms with Crippen LogP contribution in [0.1, 0.15) is 27.6 Å². The Labute approximate surface area is 128 Å². The van der Waals surface area contributed by atoms with Crippen molar-refractivity contribution >= 4 is 5.78 Å². The van der Waals surface area contributed by atoms with Gasteiger partial charge in [0.2, 0.25) is 5.78 Å². The minimum Gasteiger partial charge on any atom is -0.382 e. The molecule has 2 rings (SSSR count). The number of alkyl halides is 5. The van der Waals surface area contributed by atoms with Gasteiger partial charge in [-0.15, -0.1) is 0 Å². The van der Waals surface area contributed by atoms with E-state index in [1.165, 1.54) is 18.2 Å². The molecule has 0 saturated carbocycles. The number of aliphatic hydroxyl groups is 1. The lowest BCUT2D eigenvalue weighted by atomic mass is 9.95. The molecule has 0 aliphatic rings. The number of carbonyl (C=O) groups is 1. The maximum absolute atomic E-state index is 14.1. The molecule has 1 N–H and O–H groups in total. The zero-order valence-electron chi connectivity index (χ0n) is 11.5. The van der Waals surface area contributed by atoms with Gasteiger partial charge in [-0.25, -0.2) is 0 Å². The number of hydrogen-bond donors (Lipinski definition) is 1. The lowest BCUT2D eigenvalue weighted by Crippen LogP contribution is -2.36. The van der Waals surface area contributed by atoms with Crippen molar-refractivity contribution in [2.45, 2.75) is 18.2 Å². The Bertz CT molecular complexity index is 678. The molecule has 1 atom stereocenters. The molecule has 0 aromatic heterocycles. The van der Waals surface area contributed by atoms with E-state index in [-0.39, 0.29) is 5.56 Å². The summed E-state index contributed by atoms with van der Waals surface area (Å²) < 4.78 is 65.5. The number of ketones is 1. The summed E-state index contributed by atoms with van der Waals surface area (Å²) in [5, 5.41) is 9.72. The van der Waals surface area contributed by atoms with Crippen LogP contribution in [0.2, 0.25) is 0 Å². The molecule has 0 spiro atoms. The molecular formula is C16H11F5O2. The third-order valence-electron chi connectivity index (χ3n) is 3.24. The van der Waals surface area contributed by atoms with Gasteiger partial charge in [-0.3, -0.25) is 4.79 Å². The van der Waals surface area contributed by atoms with Crippen molar-refractivity contribution in [2.75, 3.05) is 0 Å². The summed E-state index contributed by atoms with van der Waals surface area (Å²) in [4.78, 5) is 11.8. The van der Waals surface area contributed by atoms with Crippen molar-refractivity contribution in [3.05, 3.63) is 71.3 Å². The first-order chi connectivity index (χ1) is 10.6. The molecule has 0 fully saturated rings. The van der Waals surface area contributed by atoms with Gasteiger partial charge in [0.1, 0.15) is 0 Å². The van der Waals surface area contributed by atoms with Crippen LogP contribution in [0, 0.1) is 0 Å². The van der Waals surface area contributed by atoms with E-state index < -0.39 is 35.1 Å². The highest BCUT2D eigenvalue weighted by Crippen LogP contribution is 2.36. The zero-order chi connectivity index (χ0) is 17.3. The Kier molecular flexibility index (Phi) is 4.51. The van der Waals surface area contributed by atoms with Crippen LogP contribution >= 0.6 is 0 Å². The summed E-state index contributed by atoms with van der Waals surface area (Å²) in [5.41, 5.74) is -1.82. The minimum atomic E-state index is -4.62. The summed E-state index contributed by atoms with van der Waals surface area (Å²) in [5.74, 6) is -5.77. The Morgan fingerprint density at radius 1 is 0.870 bits per heavy atom. The highest BCUT2D eigenvalue weighted by molar-refractivity contribution is 6.01. The zero-order valence-corrected chi connectivity index (χ0v) is 11.5. The first-order valence-electron chi connectivity index (χ1n) is 6.47. The molecule has 122 valence electrons. The summed E-state index contributed by atoms with van der Waals surface area (Å²) in [6, 6.07) is 9.21. The van der Waals surface area contributed by atoms with E-state index in [4.69, 9.17) is 0 Å². The van der Waals surface area contributed by atoms with Gasteiger partial charge in [0.05, 0.1) is 5.56 Å². The molecule has 0 bridgehead atoms. The molecule has 0 aliphatic heterocycles. The lowest BCUT2D eigenvalue weighted by molar-refractivity contribution is -0.137. The molecule has 0 saturated heterocycles. The second-order valence-electron chi connectivity index (χ2n) is 4.84. The maximum Gasteiger partial charge on any atom is 0.416 e. The Morgan fingerprint density at radius 3 is 1.87 bits per heavy atom. The fourth-order valence-electron chi connectivity index (χ4n) is 1.97. The summed E-state index contributed by atoms with van der Waals surface area (Å²) in [6.07, 6.45) is -7.16. The van der Waals surface area contributed by atoms with Crippen LogP contribution in [0.3, 0.4) is 0 Å². The van der Waals surface area contributed by atoms with Gasteiger partial charge >= 0.3 is 12.1 Å². The predicted octanol–water partition coefficient (Wildman–Crippen LogP) is 4.26. The van der Waals surface area contributed by atoms with Gasteiger partial charge < -0.3 is 5.11 Å². The molecule has 2 aromatic carbocycles. The SMILES string of the molecule is O=C(c1ccccc1)C(F)(F)C(O)c1ccc(C(F)(F)F)cc1. The van der Waals surface area contributed by atoms with Gasteiger partial charge in [-0.05, 0) is 17.7 Å². The van der Waals surface area contributed by atoms with Crippen LogP contribution < -0.4 is 0 Å².